The van der Waals surface area contributed by atoms with Gasteiger partial charge in [0.05, 0.1) is 13.2 Å². The quantitative estimate of drug-likeness (QED) is 0.820. The number of ether oxygens (including phenoxy) is 2. The second kappa shape index (κ2) is 6.49. The molecule has 3 nitrogen and oxygen atoms in total. The van der Waals surface area contributed by atoms with Crippen molar-refractivity contribution >= 4 is 0 Å². The largest absolute Gasteiger partial charge is 0.490 e. The smallest absolute Gasteiger partial charge is 0.161 e. The van der Waals surface area contributed by atoms with E-state index in [0.29, 0.717) is 24.7 Å². The summed E-state index contributed by atoms with van der Waals surface area (Å²) in [5.74, 6) is 1.79. The van der Waals surface area contributed by atoms with E-state index in [4.69, 9.17) is 9.47 Å². The van der Waals surface area contributed by atoms with E-state index < -0.39 is 0 Å². The molecule has 1 heterocycles. The molecule has 3 heteroatoms. The van der Waals surface area contributed by atoms with Crippen molar-refractivity contribution in [2.45, 2.75) is 57.4 Å². The Morgan fingerprint density at radius 1 is 1.09 bits per heavy atom. The van der Waals surface area contributed by atoms with Crippen molar-refractivity contribution in [2.75, 3.05) is 26.8 Å². The molecular formula is C19H29NO2. The van der Waals surface area contributed by atoms with E-state index in [1.807, 2.05) is 13.8 Å². The Hall–Kier alpha value is -1.22. The zero-order valence-electron chi connectivity index (χ0n) is 14.2. The molecule has 0 radical (unpaired) electrons. The van der Waals surface area contributed by atoms with Crippen molar-refractivity contribution in [3.05, 3.63) is 23.8 Å². The lowest BCUT2D eigenvalue weighted by Gasteiger charge is -2.42. The monoisotopic (exact) mass is 303 g/mol. The molecule has 122 valence electrons. The fraction of sp³-hybridized carbons (Fsp3) is 0.684. The van der Waals surface area contributed by atoms with Crippen LogP contribution >= 0.6 is 0 Å². The van der Waals surface area contributed by atoms with Crippen molar-refractivity contribution in [1.29, 1.82) is 0 Å². The summed E-state index contributed by atoms with van der Waals surface area (Å²) in [7, 11) is 2.29. The molecule has 0 amide bonds. The van der Waals surface area contributed by atoms with Crippen molar-refractivity contribution in [3.8, 4) is 11.5 Å². The SMILES string of the molecule is CCOc1ccc([C@@]23CCCCC2N(C)CC3)cc1OCC. The Labute approximate surface area is 134 Å². The van der Waals surface area contributed by atoms with Crippen LogP contribution in [0.1, 0.15) is 51.5 Å². The minimum atomic E-state index is 0.323. The molecule has 1 saturated heterocycles. The Bertz CT molecular complexity index is 512. The minimum Gasteiger partial charge on any atom is -0.490 e. The second-order valence-corrected chi connectivity index (χ2v) is 6.68. The maximum absolute atomic E-state index is 5.85. The van der Waals surface area contributed by atoms with Gasteiger partial charge in [-0.3, -0.25) is 0 Å². The Balaban J connectivity index is 1.97. The molecule has 22 heavy (non-hydrogen) atoms. The van der Waals surface area contributed by atoms with Gasteiger partial charge >= 0.3 is 0 Å². The summed E-state index contributed by atoms with van der Waals surface area (Å²) in [6, 6.07) is 7.34. The van der Waals surface area contributed by atoms with Gasteiger partial charge in [-0.05, 0) is 64.4 Å². The van der Waals surface area contributed by atoms with Gasteiger partial charge in [0.1, 0.15) is 0 Å². The average Bonchev–Trinajstić information content (AvgIpc) is 2.88. The van der Waals surface area contributed by atoms with E-state index in [9.17, 15) is 0 Å². The molecule has 0 bridgehead atoms. The third kappa shape index (κ3) is 2.60. The molecule has 1 aromatic rings. The number of likely N-dealkylation sites (N-methyl/N-ethyl adjacent to an activating group) is 1. The van der Waals surface area contributed by atoms with E-state index in [0.717, 1.165) is 11.5 Å². The Morgan fingerprint density at radius 3 is 2.64 bits per heavy atom. The highest BCUT2D eigenvalue weighted by Crippen LogP contribution is 2.49. The Kier molecular flexibility index (Phi) is 4.62. The molecule has 1 aliphatic carbocycles. The van der Waals surface area contributed by atoms with Crippen LogP contribution < -0.4 is 9.47 Å². The van der Waals surface area contributed by atoms with E-state index in [1.165, 1.54) is 44.2 Å². The fourth-order valence-corrected chi connectivity index (χ4v) is 4.53. The average molecular weight is 303 g/mol. The second-order valence-electron chi connectivity index (χ2n) is 6.68. The fourth-order valence-electron chi connectivity index (χ4n) is 4.53. The van der Waals surface area contributed by atoms with Crippen LogP contribution in [-0.4, -0.2) is 37.7 Å². The predicted octanol–water partition coefficient (Wildman–Crippen LogP) is 4.00. The number of fused-ring (bicyclic) bond motifs is 1. The highest BCUT2D eigenvalue weighted by atomic mass is 16.5. The molecule has 1 saturated carbocycles. The zero-order valence-corrected chi connectivity index (χ0v) is 14.2. The van der Waals surface area contributed by atoms with Crippen LogP contribution in [-0.2, 0) is 5.41 Å². The molecule has 2 aliphatic rings. The standard InChI is InChI=1S/C19H29NO2/c1-4-21-16-10-9-15(14-17(16)22-5-2)19-11-7-6-8-18(19)20(3)13-12-19/h9-10,14,18H,4-8,11-13H2,1-3H3/t18?,19-/m0/s1. The van der Waals surface area contributed by atoms with Gasteiger partial charge in [0.2, 0.25) is 0 Å². The minimum absolute atomic E-state index is 0.323. The topological polar surface area (TPSA) is 21.7 Å². The molecule has 0 aromatic heterocycles. The predicted molar refractivity (Wildman–Crippen MR) is 90.0 cm³/mol. The lowest BCUT2D eigenvalue weighted by atomic mass is 9.66. The highest BCUT2D eigenvalue weighted by Gasteiger charge is 2.48. The third-order valence-corrected chi connectivity index (χ3v) is 5.55. The van der Waals surface area contributed by atoms with Crippen molar-refractivity contribution < 1.29 is 9.47 Å². The van der Waals surface area contributed by atoms with E-state index >= 15 is 0 Å². The third-order valence-electron chi connectivity index (χ3n) is 5.55. The number of hydrogen-bond acceptors (Lipinski definition) is 3. The van der Waals surface area contributed by atoms with Crippen molar-refractivity contribution in [1.82, 2.24) is 4.90 Å². The number of rotatable bonds is 5. The summed E-state index contributed by atoms with van der Waals surface area (Å²) in [6.07, 6.45) is 6.62. The van der Waals surface area contributed by atoms with Crippen LogP contribution in [0.15, 0.2) is 18.2 Å². The molecule has 0 N–H and O–H groups in total. The highest BCUT2D eigenvalue weighted by molar-refractivity contribution is 5.46. The maximum atomic E-state index is 5.85. The first-order valence-electron chi connectivity index (χ1n) is 8.81. The Morgan fingerprint density at radius 2 is 1.86 bits per heavy atom. The van der Waals surface area contributed by atoms with Gasteiger partial charge in [-0.25, -0.2) is 0 Å². The van der Waals surface area contributed by atoms with Crippen LogP contribution in [0, 0.1) is 0 Å². The normalized spacial score (nSPS) is 28.4. The molecule has 2 atom stereocenters. The molecule has 3 rings (SSSR count). The molecule has 1 unspecified atom stereocenters. The van der Waals surface area contributed by atoms with Gasteiger partial charge < -0.3 is 14.4 Å². The molecular weight excluding hydrogens is 274 g/mol. The van der Waals surface area contributed by atoms with Crippen LogP contribution in [0.2, 0.25) is 0 Å². The van der Waals surface area contributed by atoms with Crippen LogP contribution in [0.3, 0.4) is 0 Å². The molecule has 2 fully saturated rings. The summed E-state index contributed by atoms with van der Waals surface area (Å²) in [4.78, 5) is 2.57. The number of hydrogen-bond donors (Lipinski definition) is 0. The van der Waals surface area contributed by atoms with Gasteiger partial charge in [0.25, 0.3) is 0 Å². The van der Waals surface area contributed by atoms with Crippen LogP contribution in [0.4, 0.5) is 0 Å². The lowest BCUT2D eigenvalue weighted by molar-refractivity contribution is 0.181. The summed E-state index contributed by atoms with van der Waals surface area (Å²) in [5.41, 5.74) is 1.78. The van der Waals surface area contributed by atoms with Crippen LogP contribution in [0.5, 0.6) is 11.5 Å². The summed E-state index contributed by atoms with van der Waals surface area (Å²) in [6.45, 7) is 6.62. The summed E-state index contributed by atoms with van der Waals surface area (Å²) < 4.78 is 11.6. The van der Waals surface area contributed by atoms with Crippen molar-refractivity contribution in [3.63, 3.8) is 0 Å². The van der Waals surface area contributed by atoms with E-state index in [-0.39, 0.29) is 0 Å². The summed E-state index contributed by atoms with van der Waals surface area (Å²) >= 11 is 0. The first-order chi connectivity index (χ1) is 10.7. The lowest BCUT2D eigenvalue weighted by Crippen LogP contribution is -2.43. The van der Waals surface area contributed by atoms with Crippen LogP contribution in [0.25, 0.3) is 0 Å². The number of nitrogens with zero attached hydrogens (tertiary/aromatic N) is 1. The maximum Gasteiger partial charge on any atom is 0.161 e. The van der Waals surface area contributed by atoms with Gasteiger partial charge in [0, 0.05) is 11.5 Å². The number of benzene rings is 1. The zero-order chi connectivity index (χ0) is 15.6. The molecule has 0 spiro atoms. The van der Waals surface area contributed by atoms with Gasteiger partial charge in [-0.1, -0.05) is 18.9 Å². The number of likely N-dealkylation sites (tertiary alicyclic amines) is 1. The summed E-state index contributed by atoms with van der Waals surface area (Å²) in [5, 5.41) is 0. The first kappa shape index (κ1) is 15.7. The molecule has 1 aromatic carbocycles. The van der Waals surface area contributed by atoms with Gasteiger partial charge in [0.15, 0.2) is 11.5 Å². The van der Waals surface area contributed by atoms with E-state index in [2.05, 4.69) is 30.1 Å². The van der Waals surface area contributed by atoms with Gasteiger partial charge in [-0.15, -0.1) is 0 Å². The van der Waals surface area contributed by atoms with E-state index in [1.54, 1.807) is 0 Å². The first-order valence-corrected chi connectivity index (χ1v) is 8.81. The van der Waals surface area contributed by atoms with Gasteiger partial charge in [-0.2, -0.15) is 0 Å². The molecule has 1 aliphatic heterocycles. The van der Waals surface area contributed by atoms with Crippen molar-refractivity contribution in [2.24, 2.45) is 0 Å².